The molecule has 0 radical (unpaired) electrons. The third-order valence-electron chi connectivity index (χ3n) is 3.60. The highest BCUT2D eigenvalue weighted by Gasteiger charge is 2.22. The van der Waals surface area contributed by atoms with Gasteiger partial charge in [-0.15, -0.1) is 0 Å². The Hall–Kier alpha value is -1.36. The third-order valence-corrected chi connectivity index (χ3v) is 3.60. The number of nitrogen functional groups attached to an aromatic ring is 1. The molecule has 0 bridgehead atoms. The van der Waals surface area contributed by atoms with Crippen LogP contribution in [0.5, 0.6) is 0 Å². The van der Waals surface area contributed by atoms with Crippen molar-refractivity contribution in [2.24, 2.45) is 0 Å². The quantitative estimate of drug-likeness (QED) is 0.881. The first-order valence-electron chi connectivity index (χ1n) is 6.56. The van der Waals surface area contributed by atoms with Gasteiger partial charge in [0.25, 0.3) is 0 Å². The summed E-state index contributed by atoms with van der Waals surface area (Å²) in [4.78, 5) is 11.2. The van der Waals surface area contributed by atoms with Crippen LogP contribution in [0, 0.1) is 6.92 Å². The van der Waals surface area contributed by atoms with Gasteiger partial charge in [-0.1, -0.05) is 6.92 Å². The van der Waals surface area contributed by atoms with E-state index in [4.69, 9.17) is 10.5 Å². The first-order valence-corrected chi connectivity index (χ1v) is 6.56. The Labute approximate surface area is 108 Å². The van der Waals surface area contributed by atoms with E-state index in [0.29, 0.717) is 11.9 Å². The summed E-state index contributed by atoms with van der Waals surface area (Å²) >= 11 is 0. The molecule has 0 amide bonds. The lowest BCUT2D eigenvalue weighted by atomic mass is 10.1. The highest BCUT2D eigenvalue weighted by atomic mass is 16.5. The number of rotatable bonds is 3. The molecule has 0 saturated carbocycles. The second-order valence-electron chi connectivity index (χ2n) is 4.75. The van der Waals surface area contributed by atoms with Crippen LogP contribution < -0.4 is 10.6 Å². The predicted octanol–water partition coefficient (Wildman–Crippen LogP) is 1.54. The van der Waals surface area contributed by atoms with Crippen molar-refractivity contribution in [1.82, 2.24) is 9.97 Å². The number of hydrogen-bond donors (Lipinski definition) is 1. The van der Waals surface area contributed by atoms with Crippen molar-refractivity contribution in [3.05, 3.63) is 11.4 Å². The molecule has 1 aliphatic heterocycles. The number of methoxy groups -OCH3 is 1. The molecule has 2 N–H and O–H groups in total. The Balaban J connectivity index is 2.20. The molecular formula is C13H22N4O. The maximum Gasteiger partial charge on any atom is 0.137 e. The van der Waals surface area contributed by atoms with Gasteiger partial charge >= 0.3 is 0 Å². The van der Waals surface area contributed by atoms with E-state index < -0.39 is 0 Å². The molecule has 1 aromatic rings. The number of hydrogen-bond acceptors (Lipinski definition) is 5. The molecule has 1 fully saturated rings. The molecule has 0 aliphatic carbocycles. The molecule has 2 heterocycles. The van der Waals surface area contributed by atoms with Gasteiger partial charge in [0, 0.05) is 32.2 Å². The van der Waals surface area contributed by atoms with Gasteiger partial charge in [-0.25, -0.2) is 9.97 Å². The minimum Gasteiger partial charge on any atom is -0.383 e. The largest absolute Gasteiger partial charge is 0.383 e. The highest BCUT2D eigenvalue weighted by Crippen LogP contribution is 2.25. The van der Waals surface area contributed by atoms with Crippen LogP contribution in [0.3, 0.4) is 0 Å². The summed E-state index contributed by atoms with van der Waals surface area (Å²) in [6.45, 7) is 5.98. The standard InChI is InChI=1S/C13H22N4O/c1-4-11-15-12(14)9(2)13(16-11)17-7-5-10(18-3)6-8-17/h10H,4-8H2,1-3H3,(H2,14,15,16). The summed E-state index contributed by atoms with van der Waals surface area (Å²) < 4.78 is 5.39. The smallest absolute Gasteiger partial charge is 0.137 e. The van der Waals surface area contributed by atoms with Gasteiger partial charge in [0.1, 0.15) is 17.5 Å². The first kappa shape index (κ1) is 13.1. The Morgan fingerprint density at radius 1 is 1.33 bits per heavy atom. The summed E-state index contributed by atoms with van der Waals surface area (Å²) in [6.07, 6.45) is 3.28. The Kier molecular flexibility index (Phi) is 4.01. The van der Waals surface area contributed by atoms with Crippen molar-refractivity contribution in [2.45, 2.75) is 39.2 Å². The van der Waals surface area contributed by atoms with Crippen LogP contribution in [0.25, 0.3) is 0 Å². The molecule has 18 heavy (non-hydrogen) atoms. The van der Waals surface area contributed by atoms with Gasteiger partial charge in [-0.3, -0.25) is 0 Å². The van der Waals surface area contributed by atoms with Crippen molar-refractivity contribution < 1.29 is 4.74 Å². The number of aryl methyl sites for hydroxylation is 1. The fourth-order valence-electron chi connectivity index (χ4n) is 2.34. The Morgan fingerprint density at radius 3 is 2.56 bits per heavy atom. The van der Waals surface area contributed by atoms with Crippen LogP contribution in [-0.2, 0) is 11.2 Å². The number of nitrogens with zero attached hydrogens (tertiary/aromatic N) is 3. The van der Waals surface area contributed by atoms with E-state index in [1.54, 1.807) is 7.11 Å². The predicted molar refractivity (Wildman–Crippen MR) is 72.8 cm³/mol. The zero-order valence-corrected chi connectivity index (χ0v) is 11.4. The van der Waals surface area contributed by atoms with Crippen molar-refractivity contribution in [2.75, 3.05) is 30.8 Å². The van der Waals surface area contributed by atoms with Gasteiger partial charge in [0.2, 0.25) is 0 Å². The molecule has 100 valence electrons. The number of ether oxygens (including phenoxy) is 1. The SMILES string of the molecule is CCc1nc(N)c(C)c(N2CCC(OC)CC2)n1. The van der Waals surface area contributed by atoms with Gasteiger partial charge in [0.05, 0.1) is 6.10 Å². The van der Waals surface area contributed by atoms with Gasteiger partial charge in [-0.2, -0.15) is 0 Å². The maximum absolute atomic E-state index is 5.95. The van der Waals surface area contributed by atoms with E-state index in [1.807, 2.05) is 13.8 Å². The first-order chi connectivity index (χ1) is 8.65. The van der Waals surface area contributed by atoms with Crippen molar-refractivity contribution in [3.8, 4) is 0 Å². The van der Waals surface area contributed by atoms with Crippen LogP contribution in [-0.4, -0.2) is 36.3 Å². The summed E-state index contributed by atoms with van der Waals surface area (Å²) in [7, 11) is 1.78. The lowest BCUT2D eigenvalue weighted by molar-refractivity contribution is 0.0817. The zero-order valence-electron chi connectivity index (χ0n) is 11.4. The van der Waals surface area contributed by atoms with Crippen LogP contribution in [0.4, 0.5) is 11.6 Å². The zero-order chi connectivity index (χ0) is 13.1. The fraction of sp³-hybridized carbons (Fsp3) is 0.692. The van der Waals surface area contributed by atoms with Crippen molar-refractivity contribution in [1.29, 1.82) is 0 Å². The Bertz CT molecular complexity index is 414. The molecular weight excluding hydrogens is 228 g/mol. The summed E-state index contributed by atoms with van der Waals surface area (Å²) in [5, 5.41) is 0. The number of piperidine rings is 1. The number of aromatic nitrogens is 2. The van der Waals surface area contributed by atoms with Crippen molar-refractivity contribution >= 4 is 11.6 Å². The summed E-state index contributed by atoms with van der Waals surface area (Å²) in [5.41, 5.74) is 6.94. The molecule has 0 unspecified atom stereocenters. The van der Waals surface area contributed by atoms with E-state index in [2.05, 4.69) is 14.9 Å². The van der Waals surface area contributed by atoms with Crippen LogP contribution in [0.15, 0.2) is 0 Å². The average Bonchev–Trinajstić information content (AvgIpc) is 2.42. The molecule has 0 aromatic carbocycles. The monoisotopic (exact) mass is 250 g/mol. The average molecular weight is 250 g/mol. The minimum atomic E-state index is 0.381. The van der Waals surface area contributed by atoms with Crippen LogP contribution >= 0.6 is 0 Å². The molecule has 5 nitrogen and oxygen atoms in total. The number of anilines is 2. The second kappa shape index (κ2) is 5.52. The molecule has 1 aromatic heterocycles. The van der Waals surface area contributed by atoms with E-state index in [0.717, 1.165) is 49.6 Å². The topological polar surface area (TPSA) is 64.3 Å². The molecule has 2 rings (SSSR count). The maximum atomic E-state index is 5.95. The van der Waals surface area contributed by atoms with Crippen LogP contribution in [0.2, 0.25) is 0 Å². The molecule has 1 saturated heterocycles. The van der Waals surface area contributed by atoms with Crippen LogP contribution in [0.1, 0.15) is 31.2 Å². The molecule has 0 spiro atoms. The Morgan fingerprint density at radius 2 is 2.00 bits per heavy atom. The van der Waals surface area contributed by atoms with E-state index >= 15 is 0 Å². The summed E-state index contributed by atoms with van der Waals surface area (Å²) in [5.74, 6) is 2.42. The normalized spacial score (nSPS) is 17.2. The molecule has 1 aliphatic rings. The lowest BCUT2D eigenvalue weighted by Crippen LogP contribution is -2.37. The van der Waals surface area contributed by atoms with Crippen molar-refractivity contribution in [3.63, 3.8) is 0 Å². The lowest BCUT2D eigenvalue weighted by Gasteiger charge is -2.33. The van der Waals surface area contributed by atoms with E-state index in [9.17, 15) is 0 Å². The number of nitrogens with two attached hydrogens (primary N) is 1. The third kappa shape index (κ3) is 2.56. The van der Waals surface area contributed by atoms with Gasteiger partial charge in [0.15, 0.2) is 0 Å². The molecule has 5 heteroatoms. The minimum absolute atomic E-state index is 0.381. The second-order valence-corrected chi connectivity index (χ2v) is 4.75. The molecule has 0 atom stereocenters. The van der Waals surface area contributed by atoms with E-state index in [1.165, 1.54) is 0 Å². The van der Waals surface area contributed by atoms with Gasteiger partial charge < -0.3 is 15.4 Å². The van der Waals surface area contributed by atoms with Gasteiger partial charge in [-0.05, 0) is 19.8 Å². The highest BCUT2D eigenvalue weighted by molar-refractivity contribution is 5.56. The van der Waals surface area contributed by atoms with E-state index in [-0.39, 0.29) is 0 Å². The summed E-state index contributed by atoms with van der Waals surface area (Å²) in [6, 6.07) is 0. The fourth-order valence-corrected chi connectivity index (χ4v) is 2.34.